The summed E-state index contributed by atoms with van der Waals surface area (Å²) in [6.45, 7) is 0.320. The van der Waals surface area contributed by atoms with E-state index in [0.29, 0.717) is 18.5 Å². The second kappa shape index (κ2) is 7.60. The van der Waals surface area contributed by atoms with Gasteiger partial charge in [-0.1, -0.05) is 24.3 Å². The molecule has 0 aliphatic carbocycles. The molecule has 3 aromatic rings. The van der Waals surface area contributed by atoms with E-state index in [-0.39, 0.29) is 22.7 Å². The number of carbonyl (C=O) groups is 1. The number of carbonyl (C=O) groups excluding carboxylic acids is 1. The molecule has 2 aromatic carbocycles. The number of imidazole rings is 1. The van der Waals surface area contributed by atoms with Crippen molar-refractivity contribution in [1.29, 1.82) is 0 Å². The molecular weight excluding hydrogens is 394 g/mol. The fourth-order valence-corrected chi connectivity index (χ4v) is 7.02. The van der Waals surface area contributed by atoms with Gasteiger partial charge in [0.15, 0.2) is 9.84 Å². The number of para-hydroxylation sites is 2. The van der Waals surface area contributed by atoms with Gasteiger partial charge in [-0.2, -0.15) is 0 Å². The van der Waals surface area contributed by atoms with Gasteiger partial charge < -0.3 is 9.88 Å². The largest absolute Gasteiger partial charge is 0.345 e. The van der Waals surface area contributed by atoms with Gasteiger partial charge in [0, 0.05) is 17.2 Å². The summed E-state index contributed by atoms with van der Waals surface area (Å²) in [5, 5.41) is 2.94. The molecule has 1 aliphatic heterocycles. The second-order valence-electron chi connectivity index (χ2n) is 6.90. The van der Waals surface area contributed by atoms with Gasteiger partial charge >= 0.3 is 0 Å². The first kappa shape index (κ1) is 19.0. The van der Waals surface area contributed by atoms with Crippen LogP contribution in [-0.4, -0.2) is 40.6 Å². The van der Waals surface area contributed by atoms with Crippen molar-refractivity contribution >= 4 is 38.5 Å². The maximum absolute atomic E-state index is 12.8. The number of thioether (sulfide) groups is 1. The van der Waals surface area contributed by atoms with Crippen LogP contribution in [0.1, 0.15) is 22.6 Å². The molecule has 6 nitrogen and oxygen atoms in total. The Morgan fingerprint density at radius 1 is 1.21 bits per heavy atom. The summed E-state index contributed by atoms with van der Waals surface area (Å²) in [7, 11) is -1.01. The number of hydrogen-bond donors (Lipinski definition) is 1. The summed E-state index contributed by atoms with van der Waals surface area (Å²) in [4.78, 5) is 18.2. The van der Waals surface area contributed by atoms with Crippen LogP contribution >= 0.6 is 11.8 Å². The van der Waals surface area contributed by atoms with Gasteiger partial charge in [0.05, 0.1) is 34.6 Å². The number of fused-ring (bicyclic) bond motifs is 1. The highest BCUT2D eigenvalue weighted by Gasteiger charge is 2.29. The molecule has 1 saturated heterocycles. The predicted molar refractivity (Wildman–Crippen MR) is 111 cm³/mol. The van der Waals surface area contributed by atoms with E-state index in [2.05, 4.69) is 10.3 Å². The average Bonchev–Trinajstić information content (AvgIpc) is 3.19. The minimum atomic E-state index is -2.94. The third-order valence-corrected chi connectivity index (χ3v) is 8.23. The summed E-state index contributed by atoms with van der Waals surface area (Å²) in [5.74, 6) is 0.997. The Kier molecular flexibility index (Phi) is 5.16. The van der Waals surface area contributed by atoms with E-state index in [1.807, 2.05) is 54.1 Å². The van der Waals surface area contributed by atoms with E-state index in [0.717, 1.165) is 21.8 Å². The molecule has 28 heavy (non-hydrogen) atoms. The smallest absolute Gasteiger partial charge is 0.252 e. The van der Waals surface area contributed by atoms with Crippen molar-refractivity contribution in [2.45, 2.75) is 23.1 Å². The monoisotopic (exact) mass is 415 g/mol. The molecule has 1 fully saturated rings. The Morgan fingerprint density at radius 2 is 1.96 bits per heavy atom. The average molecular weight is 416 g/mol. The number of sulfone groups is 1. The molecule has 0 radical (unpaired) electrons. The maximum Gasteiger partial charge on any atom is 0.252 e. The molecule has 1 aliphatic rings. The predicted octanol–water partition coefficient (Wildman–Crippen LogP) is 2.78. The number of nitrogens with one attached hydrogen (secondary N) is 1. The van der Waals surface area contributed by atoms with Gasteiger partial charge in [-0.25, -0.2) is 13.4 Å². The molecular formula is C20H21N3O3S2. The zero-order valence-electron chi connectivity index (χ0n) is 15.5. The Hall–Kier alpha value is -2.32. The minimum absolute atomic E-state index is 0.00112. The molecule has 1 N–H and O–H groups in total. The van der Waals surface area contributed by atoms with Crippen LogP contribution in [0.5, 0.6) is 0 Å². The molecule has 8 heteroatoms. The Labute approximate surface area is 168 Å². The summed E-state index contributed by atoms with van der Waals surface area (Å²) < 4.78 is 25.4. The summed E-state index contributed by atoms with van der Waals surface area (Å²) >= 11 is 1.48. The van der Waals surface area contributed by atoms with Crippen molar-refractivity contribution in [3.05, 3.63) is 59.9 Å². The van der Waals surface area contributed by atoms with Gasteiger partial charge in [-0.05, 0) is 30.7 Å². The SMILES string of the molecule is Cn1c(CNC(=O)c2ccccc2SC2CCS(=O)(=O)C2)nc2ccccc21. The molecule has 1 atom stereocenters. The first-order chi connectivity index (χ1) is 13.4. The van der Waals surface area contributed by atoms with E-state index in [1.54, 1.807) is 6.07 Å². The van der Waals surface area contributed by atoms with Gasteiger partial charge in [0.25, 0.3) is 5.91 Å². The lowest BCUT2D eigenvalue weighted by Gasteiger charge is -2.12. The lowest BCUT2D eigenvalue weighted by Crippen LogP contribution is -2.25. The van der Waals surface area contributed by atoms with Crippen LogP contribution in [0.15, 0.2) is 53.4 Å². The standard InChI is InChI=1S/C20H21N3O3S2/c1-23-17-8-4-3-7-16(17)22-19(23)12-21-20(24)15-6-2-5-9-18(15)27-14-10-11-28(25,26)13-14/h2-9,14H,10-13H2,1H3,(H,21,24). The third kappa shape index (κ3) is 3.93. The van der Waals surface area contributed by atoms with Crippen molar-refractivity contribution < 1.29 is 13.2 Å². The van der Waals surface area contributed by atoms with Crippen LogP contribution in [0.3, 0.4) is 0 Å². The highest BCUT2D eigenvalue weighted by molar-refractivity contribution is 8.02. The fraction of sp³-hybridized carbons (Fsp3) is 0.300. The van der Waals surface area contributed by atoms with E-state index in [9.17, 15) is 13.2 Å². The van der Waals surface area contributed by atoms with Crippen LogP contribution in [0, 0.1) is 0 Å². The second-order valence-corrected chi connectivity index (χ2v) is 10.5. The zero-order chi connectivity index (χ0) is 19.7. The maximum atomic E-state index is 12.8. The number of amides is 1. The third-order valence-electron chi connectivity index (χ3n) is 4.90. The van der Waals surface area contributed by atoms with Crippen molar-refractivity contribution in [3.63, 3.8) is 0 Å². The van der Waals surface area contributed by atoms with Crippen LogP contribution in [-0.2, 0) is 23.4 Å². The first-order valence-electron chi connectivity index (χ1n) is 9.07. The lowest BCUT2D eigenvalue weighted by atomic mass is 10.2. The molecule has 1 aromatic heterocycles. The van der Waals surface area contributed by atoms with Crippen molar-refractivity contribution in [2.75, 3.05) is 11.5 Å². The molecule has 4 rings (SSSR count). The minimum Gasteiger partial charge on any atom is -0.345 e. The molecule has 0 saturated carbocycles. The van der Waals surface area contributed by atoms with E-state index >= 15 is 0 Å². The number of nitrogens with zero attached hydrogens (tertiary/aromatic N) is 2. The molecule has 146 valence electrons. The van der Waals surface area contributed by atoms with Crippen LogP contribution in [0.4, 0.5) is 0 Å². The Bertz CT molecular complexity index is 1140. The fourth-order valence-electron chi connectivity index (χ4n) is 3.40. The molecule has 1 unspecified atom stereocenters. The summed E-state index contributed by atoms with van der Waals surface area (Å²) in [5.41, 5.74) is 2.48. The van der Waals surface area contributed by atoms with Gasteiger partial charge in [-0.15, -0.1) is 11.8 Å². The van der Waals surface area contributed by atoms with Crippen LogP contribution in [0.2, 0.25) is 0 Å². The molecule has 0 bridgehead atoms. The Morgan fingerprint density at radius 3 is 2.71 bits per heavy atom. The highest BCUT2D eigenvalue weighted by atomic mass is 32.2. The number of hydrogen-bond acceptors (Lipinski definition) is 5. The number of aromatic nitrogens is 2. The normalized spacial score (nSPS) is 18.4. The van der Waals surface area contributed by atoms with E-state index < -0.39 is 9.84 Å². The van der Waals surface area contributed by atoms with Crippen molar-refractivity contribution in [2.24, 2.45) is 7.05 Å². The number of aryl methyl sites for hydroxylation is 1. The van der Waals surface area contributed by atoms with E-state index in [1.165, 1.54) is 11.8 Å². The van der Waals surface area contributed by atoms with Crippen molar-refractivity contribution in [3.8, 4) is 0 Å². The topological polar surface area (TPSA) is 81.1 Å². The number of rotatable bonds is 5. The molecule has 2 heterocycles. The van der Waals surface area contributed by atoms with Crippen LogP contribution < -0.4 is 5.32 Å². The first-order valence-corrected chi connectivity index (χ1v) is 11.8. The van der Waals surface area contributed by atoms with E-state index in [4.69, 9.17) is 0 Å². The van der Waals surface area contributed by atoms with Crippen LogP contribution in [0.25, 0.3) is 11.0 Å². The lowest BCUT2D eigenvalue weighted by molar-refractivity contribution is 0.0946. The van der Waals surface area contributed by atoms with Gasteiger partial charge in [0.1, 0.15) is 5.82 Å². The van der Waals surface area contributed by atoms with Gasteiger partial charge in [-0.3, -0.25) is 4.79 Å². The van der Waals surface area contributed by atoms with Crippen molar-refractivity contribution in [1.82, 2.24) is 14.9 Å². The zero-order valence-corrected chi connectivity index (χ0v) is 17.1. The van der Waals surface area contributed by atoms with Gasteiger partial charge in [0.2, 0.25) is 0 Å². The molecule has 1 amide bonds. The summed E-state index contributed by atoms with van der Waals surface area (Å²) in [6, 6.07) is 15.2. The summed E-state index contributed by atoms with van der Waals surface area (Å²) in [6.07, 6.45) is 0.628. The highest BCUT2D eigenvalue weighted by Crippen LogP contribution is 2.33. The number of benzene rings is 2. The molecule has 0 spiro atoms. The quantitative estimate of drug-likeness (QED) is 0.693. The Balaban J connectivity index is 1.48.